The van der Waals surface area contributed by atoms with Crippen LogP contribution in [0.2, 0.25) is 0 Å². The number of nitrogens with zero attached hydrogens (tertiary/aromatic N) is 3. The molecule has 2 aliphatic heterocycles. The van der Waals surface area contributed by atoms with Crippen LogP contribution >= 0.6 is 23.5 Å². The number of thioether (sulfide) groups is 2. The van der Waals surface area contributed by atoms with Gasteiger partial charge in [-0.2, -0.15) is 0 Å². The van der Waals surface area contributed by atoms with Crippen molar-refractivity contribution in [2.45, 2.75) is 31.7 Å². The van der Waals surface area contributed by atoms with E-state index in [9.17, 15) is 10.1 Å². The number of benzene rings is 2. The van der Waals surface area contributed by atoms with Crippen LogP contribution in [-0.4, -0.2) is 34.7 Å². The second-order valence-corrected chi connectivity index (χ2v) is 9.25. The summed E-state index contributed by atoms with van der Waals surface area (Å²) in [5, 5.41) is 12.3. The van der Waals surface area contributed by atoms with Gasteiger partial charge in [0.15, 0.2) is 0 Å². The van der Waals surface area contributed by atoms with Gasteiger partial charge in [0.05, 0.1) is 9.95 Å². The zero-order valence-corrected chi connectivity index (χ0v) is 18.3. The summed E-state index contributed by atoms with van der Waals surface area (Å²) in [6.45, 7) is 4.28. The molecule has 7 heteroatoms. The van der Waals surface area contributed by atoms with Crippen molar-refractivity contribution in [3.63, 3.8) is 0 Å². The third-order valence-electron chi connectivity index (χ3n) is 5.41. The zero-order valence-electron chi connectivity index (χ0n) is 16.7. The fourth-order valence-electron chi connectivity index (χ4n) is 3.86. The van der Waals surface area contributed by atoms with Crippen LogP contribution in [0.1, 0.15) is 30.4 Å². The Balaban J connectivity index is 1.76. The van der Waals surface area contributed by atoms with Crippen LogP contribution in [0.5, 0.6) is 0 Å². The Morgan fingerprint density at radius 1 is 1.03 bits per heavy atom. The van der Waals surface area contributed by atoms with Crippen molar-refractivity contribution >= 4 is 39.8 Å². The standard InChI is InChI=1S/C22H25N3O2S2/c1-16-6-8-17(9-7-16)20-21(28-2)24(18-10-12-19(13-11-18)25(26)27)22(29-20)23-14-4-3-5-15-23/h6-13,22H,3-5,14-15H2,1-2H3. The van der Waals surface area contributed by atoms with E-state index in [0.717, 1.165) is 18.8 Å². The highest BCUT2D eigenvalue weighted by molar-refractivity contribution is 8.12. The molecule has 0 amide bonds. The van der Waals surface area contributed by atoms with Gasteiger partial charge >= 0.3 is 0 Å². The van der Waals surface area contributed by atoms with Gasteiger partial charge in [0.2, 0.25) is 0 Å². The van der Waals surface area contributed by atoms with Crippen LogP contribution in [-0.2, 0) is 0 Å². The molecule has 0 aromatic heterocycles. The molecule has 0 N–H and O–H groups in total. The maximum absolute atomic E-state index is 11.1. The lowest BCUT2D eigenvalue weighted by Crippen LogP contribution is -2.45. The maximum Gasteiger partial charge on any atom is 0.269 e. The summed E-state index contributed by atoms with van der Waals surface area (Å²) >= 11 is 3.64. The number of rotatable bonds is 5. The Kier molecular flexibility index (Phi) is 6.18. The number of nitro benzene ring substituents is 1. The van der Waals surface area contributed by atoms with Crippen LogP contribution in [0.25, 0.3) is 4.91 Å². The molecule has 2 aliphatic rings. The summed E-state index contributed by atoms with van der Waals surface area (Å²) in [5.74, 6) is 0. The fourth-order valence-corrected chi connectivity index (χ4v) is 6.40. The molecule has 1 fully saturated rings. The molecule has 5 nitrogen and oxygen atoms in total. The second kappa shape index (κ2) is 8.81. The first-order valence-electron chi connectivity index (χ1n) is 9.88. The van der Waals surface area contributed by atoms with E-state index in [2.05, 4.69) is 47.2 Å². The summed E-state index contributed by atoms with van der Waals surface area (Å²) in [4.78, 5) is 16.9. The molecule has 152 valence electrons. The maximum atomic E-state index is 11.1. The Morgan fingerprint density at radius 2 is 1.69 bits per heavy atom. The second-order valence-electron chi connectivity index (χ2n) is 7.39. The molecule has 0 aliphatic carbocycles. The van der Waals surface area contributed by atoms with Crippen LogP contribution in [0.3, 0.4) is 0 Å². The minimum absolute atomic E-state index is 0.128. The first kappa shape index (κ1) is 20.3. The topological polar surface area (TPSA) is 49.6 Å². The predicted octanol–water partition coefficient (Wildman–Crippen LogP) is 5.92. The van der Waals surface area contributed by atoms with E-state index in [1.54, 1.807) is 23.9 Å². The van der Waals surface area contributed by atoms with E-state index in [4.69, 9.17) is 0 Å². The molecule has 4 rings (SSSR count). The smallest absolute Gasteiger partial charge is 0.269 e. The molecule has 0 bridgehead atoms. The Bertz CT molecular complexity index is 907. The monoisotopic (exact) mass is 427 g/mol. The number of nitro groups is 1. The summed E-state index contributed by atoms with van der Waals surface area (Å²) < 4.78 is 0. The van der Waals surface area contributed by atoms with E-state index < -0.39 is 0 Å². The summed E-state index contributed by atoms with van der Waals surface area (Å²) in [5.41, 5.74) is 3.79. The number of non-ortho nitro benzene ring substituents is 1. The van der Waals surface area contributed by atoms with Gasteiger partial charge in [-0.3, -0.25) is 15.0 Å². The number of hydrogen-bond donors (Lipinski definition) is 0. The molecule has 1 atom stereocenters. The molecule has 1 saturated heterocycles. The number of aryl methyl sites for hydroxylation is 1. The highest BCUT2D eigenvalue weighted by Gasteiger charge is 2.38. The van der Waals surface area contributed by atoms with Gasteiger partial charge in [-0.15, -0.1) is 11.8 Å². The van der Waals surface area contributed by atoms with Gasteiger partial charge in [0.25, 0.3) is 5.69 Å². The number of hydrogen-bond acceptors (Lipinski definition) is 6. The molecule has 0 spiro atoms. The summed E-state index contributed by atoms with van der Waals surface area (Å²) in [7, 11) is 0. The van der Waals surface area contributed by atoms with E-state index in [1.807, 2.05) is 23.9 Å². The van der Waals surface area contributed by atoms with Crippen molar-refractivity contribution in [1.82, 2.24) is 4.90 Å². The molecule has 2 aromatic carbocycles. The van der Waals surface area contributed by atoms with Crippen molar-refractivity contribution < 1.29 is 4.92 Å². The number of piperidine rings is 1. The largest absolute Gasteiger partial charge is 0.309 e. The lowest BCUT2D eigenvalue weighted by molar-refractivity contribution is -0.384. The Hall–Kier alpha value is -1.96. The molecule has 2 heterocycles. The van der Waals surface area contributed by atoms with Gasteiger partial charge in [0.1, 0.15) is 5.50 Å². The highest BCUT2D eigenvalue weighted by Crippen LogP contribution is 2.51. The average molecular weight is 428 g/mol. The minimum atomic E-state index is -0.340. The van der Waals surface area contributed by atoms with Gasteiger partial charge in [-0.1, -0.05) is 48.0 Å². The highest BCUT2D eigenvalue weighted by atomic mass is 32.2. The molecule has 0 radical (unpaired) electrons. The Labute approximate surface area is 180 Å². The molecule has 2 aromatic rings. The van der Waals surface area contributed by atoms with E-state index in [0.29, 0.717) is 0 Å². The molecular weight excluding hydrogens is 402 g/mol. The quantitative estimate of drug-likeness (QED) is 0.436. The van der Waals surface area contributed by atoms with E-state index in [1.165, 1.54) is 40.3 Å². The normalized spacial score (nSPS) is 20.3. The third-order valence-corrected chi connectivity index (χ3v) is 7.71. The SMILES string of the molecule is CSC1=C(c2ccc(C)cc2)SC(N2CCCCC2)N1c1ccc([N+](=O)[O-])cc1. The van der Waals surface area contributed by atoms with E-state index >= 15 is 0 Å². The molecule has 29 heavy (non-hydrogen) atoms. The van der Waals surface area contributed by atoms with Crippen LogP contribution in [0.15, 0.2) is 53.6 Å². The average Bonchev–Trinajstić information content (AvgIpc) is 3.14. The van der Waals surface area contributed by atoms with Gasteiger partial charge in [0, 0.05) is 35.8 Å². The van der Waals surface area contributed by atoms with Crippen molar-refractivity contribution in [3.8, 4) is 0 Å². The van der Waals surface area contributed by atoms with Gasteiger partial charge in [-0.05, 0) is 43.7 Å². The molecule has 1 unspecified atom stereocenters. The number of anilines is 1. The zero-order chi connectivity index (χ0) is 20.4. The molecular formula is C22H25N3O2S2. The Morgan fingerprint density at radius 3 is 2.28 bits per heavy atom. The van der Waals surface area contributed by atoms with Crippen molar-refractivity contribution in [2.75, 3.05) is 24.2 Å². The first-order valence-corrected chi connectivity index (χ1v) is 12.0. The fraction of sp³-hybridized carbons (Fsp3) is 0.364. The van der Waals surface area contributed by atoms with Crippen LogP contribution in [0.4, 0.5) is 11.4 Å². The number of likely N-dealkylation sites (tertiary alicyclic amines) is 1. The van der Waals surface area contributed by atoms with Gasteiger partial charge < -0.3 is 4.90 Å². The third kappa shape index (κ3) is 4.17. The minimum Gasteiger partial charge on any atom is -0.309 e. The summed E-state index contributed by atoms with van der Waals surface area (Å²) in [6.07, 6.45) is 5.85. The van der Waals surface area contributed by atoms with E-state index in [-0.39, 0.29) is 16.1 Å². The van der Waals surface area contributed by atoms with Gasteiger partial charge in [-0.25, -0.2) is 0 Å². The van der Waals surface area contributed by atoms with Crippen LogP contribution in [0, 0.1) is 17.0 Å². The first-order chi connectivity index (χ1) is 14.1. The van der Waals surface area contributed by atoms with Crippen LogP contribution < -0.4 is 4.90 Å². The van der Waals surface area contributed by atoms with Crippen molar-refractivity contribution in [2.24, 2.45) is 0 Å². The lowest BCUT2D eigenvalue weighted by atomic mass is 10.1. The predicted molar refractivity (Wildman–Crippen MR) is 124 cm³/mol. The molecule has 0 saturated carbocycles. The van der Waals surface area contributed by atoms with Crippen molar-refractivity contribution in [3.05, 3.63) is 74.8 Å². The lowest BCUT2D eigenvalue weighted by Gasteiger charge is -2.38. The summed E-state index contributed by atoms with van der Waals surface area (Å²) in [6, 6.07) is 15.7. The van der Waals surface area contributed by atoms with Crippen molar-refractivity contribution in [1.29, 1.82) is 0 Å².